The molecule has 0 aromatic heterocycles. The van der Waals surface area contributed by atoms with E-state index < -0.39 is 0 Å². The molecule has 0 bridgehead atoms. The van der Waals surface area contributed by atoms with Gasteiger partial charge >= 0.3 is 0 Å². The first-order chi connectivity index (χ1) is 9.60. The molecule has 0 amide bonds. The van der Waals surface area contributed by atoms with Crippen LogP contribution in [-0.2, 0) is 6.42 Å². The topological polar surface area (TPSA) is 35.2 Å². The Morgan fingerprint density at radius 3 is 2.40 bits per heavy atom. The van der Waals surface area contributed by atoms with E-state index in [9.17, 15) is 0 Å². The van der Waals surface area contributed by atoms with Gasteiger partial charge in [-0.3, -0.25) is 0 Å². The van der Waals surface area contributed by atoms with Gasteiger partial charge in [-0.25, -0.2) is 0 Å². The fraction of sp³-hybridized carbons (Fsp3) is 0.294. The van der Waals surface area contributed by atoms with Crippen LogP contribution in [0.1, 0.15) is 37.4 Å². The van der Waals surface area contributed by atoms with E-state index in [1.807, 2.05) is 37.3 Å². The van der Waals surface area contributed by atoms with Crippen molar-refractivity contribution >= 4 is 11.6 Å². The Bertz CT molecular complexity index is 564. The van der Waals surface area contributed by atoms with Gasteiger partial charge in [-0.2, -0.15) is 0 Å². The molecule has 2 aromatic rings. The van der Waals surface area contributed by atoms with Crippen molar-refractivity contribution in [2.75, 3.05) is 0 Å². The molecule has 20 heavy (non-hydrogen) atoms. The summed E-state index contributed by atoms with van der Waals surface area (Å²) in [6.07, 6.45) is 2.23. The highest BCUT2D eigenvalue weighted by Crippen LogP contribution is 2.31. The zero-order valence-electron chi connectivity index (χ0n) is 11.9. The van der Waals surface area contributed by atoms with Crippen LogP contribution in [0, 0.1) is 0 Å². The number of rotatable bonds is 5. The van der Waals surface area contributed by atoms with Crippen molar-refractivity contribution in [2.45, 2.75) is 32.7 Å². The highest BCUT2D eigenvalue weighted by atomic mass is 35.5. The van der Waals surface area contributed by atoms with Crippen molar-refractivity contribution in [1.29, 1.82) is 0 Å². The minimum absolute atomic E-state index is 0.0325. The summed E-state index contributed by atoms with van der Waals surface area (Å²) in [6, 6.07) is 13.7. The molecule has 0 fully saturated rings. The van der Waals surface area contributed by atoms with Crippen LogP contribution in [0.2, 0.25) is 5.02 Å². The normalized spacial score (nSPS) is 12.2. The lowest BCUT2D eigenvalue weighted by Crippen LogP contribution is -2.04. The molecule has 2 nitrogen and oxygen atoms in total. The number of aryl methyl sites for hydroxylation is 1. The molecule has 0 spiro atoms. The Hall–Kier alpha value is -1.51. The molecule has 0 heterocycles. The van der Waals surface area contributed by atoms with Crippen molar-refractivity contribution in [3.63, 3.8) is 0 Å². The van der Waals surface area contributed by atoms with Crippen LogP contribution in [0.25, 0.3) is 0 Å². The van der Waals surface area contributed by atoms with Gasteiger partial charge < -0.3 is 10.5 Å². The molecular weight excluding hydrogens is 270 g/mol. The van der Waals surface area contributed by atoms with Crippen molar-refractivity contribution in [3.05, 3.63) is 58.6 Å². The van der Waals surface area contributed by atoms with Gasteiger partial charge in [0.05, 0.1) is 5.02 Å². The molecule has 0 unspecified atom stereocenters. The van der Waals surface area contributed by atoms with Gasteiger partial charge in [0.1, 0.15) is 11.5 Å². The molecule has 3 heteroatoms. The van der Waals surface area contributed by atoms with Crippen LogP contribution in [0.5, 0.6) is 11.5 Å². The van der Waals surface area contributed by atoms with Crippen LogP contribution in [0.3, 0.4) is 0 Å². The molecule has 2 rings (SSSR count). The first kappa shape index (κ1) is 14.9. The van der Waals surface area contributed by atoms with Crippen LogP contribution in [0.4, 0.5) is 0 Å². The predicted octanol–water partition coefficient (Wildman–Crippen LogP) is 5.10. The number of hydrogen-bond donors (Lipinski definition) is 1. The smallest absolute Gasteiger partial charge is 0.146 e. The minimum atomic E-state index is -0.0325. The standard InChI is InChI=1S/C17H20ClNO/c1-3-4-13-5-8-15(9-6-13)20-17-10-7-14(12(2)19)11-16(17)18/h5-12H,3-4,19H2,1-2H3/t12-/m1/s1. The lowest BCUT2D eigenvalue weighted by molar-refractivity contribution is 0.482. The van der Waals surface area contributed by atoms with E-state index in [2.05, 4.69) is 19.1 Å². The third-order valence-corrected chi connectivity index (χ3v) is 3.47. The number of nitrogens with two attached hydrogens (primary N) is 1. The second-order valence-electron chi connectivity index (χ2n) is 4.97. The van der Waals surface area contributed by atoms with Crippen LogP contribution >= 0.6 is 11.6 Å². The molecule has 2 N–H and O–H groups in total. The van der Waals surface area contributed by atoms with E-state index in [1.165, 1.54) is 5.56 Å². The summed E-state index contributed by atoms with van der Waals surface area (Å²) in [7, 11) is 0. The minimum Gasteiger partial charge on any atom is -0.456 e. The maximum absolute atomic E-state index is 6.22. The largest absolute Gasteiger partial charge is 0.456 e. The van der Waals surface area contributed by atoms with E-state index in [4.69, 9.17) is 22.1 Å². The van der Waals surface area contributed by atoms with Gasteiger partial charge in [-0.05, 0) is 48.7 Å². The summed E-state index contributed by atoms with van der Waals surface area (Å²) in [5.74, 6) is 1.44. The molecule has 0 saturated heterocycles. The molecule has 0 aliphatic heterocycles. The van der Waals surface area contributed by atoms with Gasteiger partial charge in [0.2, 0.25) is 0 Å². The summed E-state index contributed by atoms with van der Waals surface area (Å²) >= 11 is 6.22. The highest BCUT2D eigenvalue weighted by Gasteiger charge is 2.07. The molecule has 106 valence electrons. The van der Waals surface area contributed by atoms with Crippen LogP contribution in [-0.4, -0.2) is 0 Å². The third kappa shape index (κ3) is 3.75. The number of ether oxygens (including phenoxy) is 1. The second kappa shape index (κ2) is 6.78. The SMILES string of the molecule is CCCc1ccc(Oc2ccc([C@@H](C)N)cc2Cl)cc1. The van der Waals surface area contributed by atoms with Crippen molar-refractivity contribution in [1.82, 2.24) is 0 Å². The van der Waals surface area contributed by atoms with E-state index in [1.54, 1.807) is 0 Å². The summed E-state index contributed by atoms with van der Waals surface area (Å²) in [5.41, 5.74) is 8.15. The Balaban J connectivity index is 2.13. The quantitative estimate of drug-likeness (QED) is 0.830. The number of benzene rings is 2. The first-order valence-corrected chi connectivity index (χ1v) is 7.29. The zero-order valence-corrected chi connectivity index (χ0v) is 12.7. The Morgan fingerprint density at radius 2 is 1.85 bits per heavy atom. The summed E-state index contributed by atoms with van der Waals surface area (Å²) in [6.45, 7) is 4.10. The zero-order chi connectivity index (χ0) is 14.5. The summed E-state index contributed by atoms with van der Waals surface area (Å²) < 4.78 is 5.80. The lowest BCUT2D eigenvalue weighted by Gasteiger charge is -2.11. The highest BCUT2D eigenvalue weighted by molar-refractivity contribution is 6.32. The average molecular weight is 290 g/mol. The molecule has 0 aliphatic carbocycles. The van der Waals surface area contributed by atoms with Gasteiger partial charge in [0.15, 0.2) is 0 Å². The first-order valence-electron chi connectivity index (χ1n) is 6.92. The summed E-state index contributed by atoms with van der Waals surface area (Å²) in [5, 5.41) is 0.581. The molecule has 0 aliphatic rings. The monoisotopic (exact) mass is 289 g/mol. The Morgan fingerprint density at radius 1 is 1.15 bits per heavy atom. The van der Waals surface area contributed by atoms with Crippen molar-refractivity contribution in [2.24, 2.45) is 5.73 Å². The van der Waals surface area contributed by atoms with Gasteiger partial charge in [-0.15, -0.1) is 0 Å². The number of hydrogen-bond acceptors (Lipinski definition) is 2. The predicted molar refractivity (Wildman–Crippen MR) is 84.6 cm³/mol. The lowest BCUT2D eigenvalue weighted by atomic mass is 10.1. The maximum atomic E-state index is 6.22. The van der Waals surface area contributed by atoms with Crippen LogP contribution in [0.15, 0.2) is 42.5 Å². The third-order valence-electron chi connectivity index (χ3n) is 3.17. The van der Waals surface area contributed by atoms with Gasteiger partial charge in [0, 0.05) is 6.04 Å². The molecule has 1 atom stereocenters. The fourth-order valence-electron chi connectivity index (χ4n) is 2.02. The van der Waals surface area contributed by atoms with Crippen LogP contribution < -0.4 is 10.5 Å². The maximum Gasteiger partial charge on any atom is 0.146 e. The second-order valence-corrected chi connectivity index (χ2v) is 5.38. The van der Waals surface area contributed by atoms with Crippen molar-refractivity contribution in [3.8, 4) is 11.5 Å². The molecule has 0 radical (unpaired) electrons. The summed E-state index contributed by atoms with van der Waals surface area (Å²) in [4.78, 5) is 0. The molecular formula is C17H20ClNO. The molecule has 2 aromatic carbocycles. The van der Waals surface area contributed by atoms with E-state index in [0.717, 1.165) is 24.2 Å². The number of halogens is 1. The Labute approximate surface area is 125 Å². The van der Waals surface area contributed by atoms with Gasteiger partial charge in [-0.1, -0.05) is 43.1 Å². The fourth-order valence-corrected chi connectivity index (χ4v) is 2.25. The Kier molecular flexibility index (Phi) is 5.05. The van der Waals surface area contributed by atoms with E-state index in [-0.39, 0.29) is 6.04 Å². The van der Waals surface area contributed by atoms with Crippen molar-refractivity contribution < 1.29 is 4.74 Å². The molecule has 0 saturated carbocycles. The van der Waals surface area contributed by atoms with E-state index >= 15 is 0 Å². The average Bonchev–Trinajstić information content (AvgIpc) is 2.43. The van der Waals surface area contributed by atoms with Gasteiger partial charge in [0.25, 0.3) is 0 Å². The van der Waals surface area contributed by atoms with E-state index in [0.29, 0.717) is 10.8 Å².